The van der Waals surface area contributed by atoms with E-state index in [-0.39, 0.29) is 0 Å². The van der Waals surface area contributed by atoms with Gasteiger partial charge < -0.3 is 0 Å². The highest BCUT2D eigenvalue weighted by Crippen LogP contribution is 2.32. The second-order valence-electron chi connectivity index (χ2n) is 7.47. The van der Waals surface area contributed by atoms with Crippen molar-refractivity contribution in [2.24, 2.45) is 11.8 Å². The molecule has 0 radical (unpaired) electrons. The SMILES string of the molecule is CCCc1ccc(CCCCC2CCC(C=CC=CC#N)CC2)cc1. The van der Waals surface area contributed by atoms with Crippen molar-refractivity contribution in [3.8, 4) is 6.07 Å². The van der Waals surface area contributed by atoms with Crippen LogP contribution in [0.4, 0.5) is 0 Å². The number of hydrogen-bond acceptors (Lipinski definition) is 1. The van der Waals surface area contributed by atoms with E-state index in [1.807, 2.05) is 18.2 Å². The summed E-state index contributed by atoms with van der Waals surface area (Å²) in [6, 6.07) is 11.3. The molecule has 0 saturated heterocycles. The number of unbranched alkanes of at least 4 members (excludes halogenated alkanes) is 1. The Balaban J connectivity index is 1.58. The molecule has 1 saturated carbocycles. The maximum Gasteiger partial charge on any atom is 0.0912 e. The summed E-state index contributed by atoms with van der Waals surface area (Å²) in [5, 5.41) is 8.48. The molecule has 1 aromatic carbocycles. The molecular weight excluding hydrogens is 302 g/mol. The van der Waals surface area contributed by atoms with Crippen LogP contribution in [0.2, 0.25) is 0 Å². The van der Waals surface area contributed by atoms with Crippen molar-refractivity contribution >= 4 is 0 Å². The molecule has 25 heavy (non-hydrogen) atoms. The number of nitriles is 1. The van der Waals surface area contributed by atoms with Crippen LogP contribution in [0.15, 0.2) is 48.6 Å². The lowest BCUT2D eigenvalue weighted by Crippen LogP contribution is -2.13. The molecule has 2 rings (SSSR count). The second-order valence-corrected chi connectivity index (χ2v) is 7.47. The van der Waals surface area contributed by atoms with Gasteiger partial charge in [0.2, 0.25) is 0 Å². The monoisotopic (exact) mass is 335 g/mol. The molecular formula is C24H33N. The molecule has 0 heterocycles. The minimum Gasteiger partial charge on any atom is -0.193 e. The van der Waals surface area contributed by atoms with Gasteiger partial charge in [-0.2, -0.15) is 5.26 Å². The van der Waals surface area contributed by atoms with Crippen LogP contribution >= 0.6 is 0 Å². The Labute approximate surface area is 154 Å². The number of nitrogens with zero attached hydrogens (tertiary/aromatic N) is 1. The van der Waals surface area contributed by atoms with Gasteiger partial charge in [-0.15, -0.1) is 0 Å². The Bertz CT molecular complexity index is 565. The Hall–Kier alpha value is -1.81. The first kappa shape index (κ1) is 19.5. The maximum absolute atomic E-state index is 8.48. The first-order chi connectivity index (χ1) is 12.3. The lowest BCUT2D eigenvalue weighted by molar-refractivity contribution is 0.289. The number of aryl methyl sites for hydroxylation is 2. The van der Waals surface area contributed by atoms with E-state index < -0.39 is 0 Å². The predicted molar refractivity (Wildman–Crippen MR) is 107 cm³/mol. The summed E-state index contributed by atoms with van der Waals surface area (Å²) in [6.45, 7) is 2.24. The largest absolute Gasteiger partial charge is 0.193 e. The normalized spacial score (nSPS) is 21.0. The highest BCUT2D eigenvalue weighted by Gasteiger charge is 2.18. The van der Waals surface area contributed by atoms with Crippen molar-refractivity contribution in [2.75, 3.05) is 0 Å². The van der Waals surface area contributed by atoms with Gasteiger partial charge in [-0.1, -0.05) is 68.7 Å². The predicted octanol–water partition coefficient (Wildman–Crippen LogP) is 6.79. The second kappa shape index (κ2) is 11.7. The number of benzene rings is 1. The van der Waals surface area contributed by atoms with Crippen LogP contribution < -0.4 is 0 Å². The average molecular weight is 336 g/mol. The van der Waals surface area contributed by atoms with Gasteiger partial charge in [-0.05, 0) is 67.9 Å². The summed E-state index contributed by atoms with van der Waals surface area (Å²) in [5.41, 5.74) is 2.97. The number of hydrogen-bond donors (Lipinski definition) is 0. The van der Waals surface area contributed by atoms with E-state index >= 15 is 0 Å². The van der Waals surface area contributed by atoms with Gasteiger partial charge in [0.1, 0.15) is 0 Å². The fourth-order valence-electron chi connectivity index (χ4n) is 3.91. The highest BCUT2D eigenvalue weighted by molar-refractivity contribution is 5.22. The first-order valence-electron chi connectivity index (χ1n) is 10.1. The standard InChI is InChI=1S/C24H33N/c1-2-8-21-12-14-23(15-13-21)10-5-6-11-24-18-16-22(17-19-24)9-4-3-7-20-25/h3-4,7,9,12-15,22,24H,2,5-6,8,10-11,16-19H2,1H3. The zero-order chi connectivity index (χ0) is 17.7. The van der Waals surface area contributed by atoms with E-state index in [2.05, 4.69) is 37.3 Å². The molecule has 0 aromatic heterocycles. The molecule has 1 heteroatoms. The minimum absolute atomic E-state index is 0.723. The zero-order valence-electron chi connectivity index (χ0n) is 15.8. The van der Waals surface area contributed by atoms with E-state index in [1.54, 1.807) is 6.08 Å². The molecule has 1 aromatic rings. The molecule has 0 bridgehead atoms. The molecule has 1 nitrogen and oxygen atoms in total. The van der Waals surface area contributed by atoms with Crippen LogP contribution in [-0.4, -0.2) is 0 Å². The fourth-order valence-corrected chi connectivity index (χ4v) is 3.91. The van der Waals surface area contributed by atoms with Gasteiger partial charge in [0.15, 0.2) is 0 Å². The molecule has 0 spiro atoms. The van der Waals surface area contributed by atoms with Crippen molar-refractivity contribution in [1.29, 1.82) is 5.26 Å². The maximum atomic E-state index is 8.48. The molecule has 1 aliphatic rings. The summed E-state index contributed by atoms with van der Waals surface area (Å²) in [5.74, 6) is 1.66. The van der Waals surface area contributed by atoms with Crippen LogP contribution in [0, 0.1) is 23.2 Å². The first-order valence-corrected chi connectivity index (χ1v) is 10.1. The van der Waals surface area contributed by atoms with Gasteiger partial charge in [0.05, 0.1) is 6.07 Å². The van der Waals surface area contributed by atoms with Gasteiger partial charge in [-0.25, -0.2) is 0 Å². The van der Waals surface area contributed by atoms with Crippen LogP contribution in [-0.2, 0) is 12.8 Å². The van der Waals surface area contributed by atoms with Crippen molar-refractivity contribution in [2.45, 2.75) is 71.1 Å². The van der Waals surface area contributed by atoms with Gasteiger partial charge in [-0.3, -0.25) is 0 Å². The Morgan fingerprint density at radius 3 is 2.28 bits per heavy atom. The molecule has 0 N–H and O–H groups in total. The minimum atomic E-state index is 0.723. The third-order valence-electron chi connectivity index (χ3n) is 5.45. The molecule has 0 aliphatic heterocycles. The third kappa shape index (κ3) is 7.74. The molecule has 1 aliphatic carbocycles. The van der Waals surface area contributed by atoms with E-state index in [0.29, 0.717) is 0 Å². The van der Waals surface area contributed by atoms with Gasteiger partial charge in [0, 0.05) is 6.08 Å². The molecule has 0 unspecified atom stereocenters. The van der Waals surface area contributed by atoms with Crippen molar-refractivity contribution in [1.82, 2.24) is 0 Å². The third-order valence-corrected chi connectivity index (χ3v) is 5.45. The van der Waals surface area contributed by atoms with E-state index in [4.69, 9.17) is 5.26 Å². The van der Waals surface area contributed by atoms with E-state index in [9.17, 15) is 0 Å². The highest BCUT2D eigenvalue weighted by atomic mass is 14.2. The van der Waals surface area contributed by atoms with Gasteiger partial charge in [0.25, 0.3) is 0 Å². The molecule has 1 fully saturated rings. The molecule has 0 amide bonds. The average Bonchev–Trinajstić information content (AvgIpc) is 2.65. The van der Waals surface area contributed by atoms with Crippen LogP contribution in [0.25, 0.3) is 0 Å². The molecule has 0 atom stereocenters. The lowest BCUT2D eigenvalue weighted by Gasteiger charge is -2.26. The van der Waals surface area contributed by atoms with Crippen LogP contribution in [0.5, 0.6) is 0 Å². The van der Waals surface area contributed by atoms with E-state index in [1.165, 1.54) is 75.3 Å². The van der Waals surface area contributed by atoms with E-state index in [0.717, 1.165) is 11.8 Å². The summed E-state index contributed by atoms with van der Waals surface area (Å²) >= 11 is 0. The smallest absolute Gasteiger partial charge is 0.0912 e. The summed E-state index contributed by atoms with van der Waals surface area (Å²) in [6.07, 6.45) is 20.9. The van der Waals surface area contributed by atoms with Crippen molar-refractivity contribution in [3.63, 3.8) is 0 Å². The Morgan fingerprint density at radius 1 is 0.960 bits per heavy atom. The van der Waals surface area contributed by atoms with Crippen molar-refractivity contribution < 1.29 is 0 Å². The van der Waals surface area contributed by atoms with Crippen molar-refractivity contribution in [3.05, 3.63) is 59.7 Å². The van der Waals surface area contributed by atoms with Crippen LogP contribution in [0.3, 0.4) is 0 Å². The number of allylic oxidation sites excluding steroid dienone is 4. The topological polar surface area (TPSA) is 23.8 Å². The lowest BCUT2D eigenvalue weighted by atomic mass is 9.79. The Kier molecular flexibility index (Phi) is 9.13. The summed E-state index contributed by atoms with van der Waals surface area (Å²) in [7, 11) is 0. The van der Waals surface area contributed by atoms with Crippen LogP contribution in [0.1, 0.15) is 69.4 Å². The fraction of sp³-hybridized carbons (Fsp3) is 0.542. The summed E-state index contributed by atoms with van der Waals surface area (Å²) in [4.78, 5) is 0. The quantitative estimate of drug-likeness (QED) is 0.277. The molecule has 134 valence electrons. The van der Waals surface area contributed by atoms with Gasteiger partial charge >= 0.3 is 0 Å². The summed E-state index contributed by atoms with van der Waals surface area (Å²) < 4.78 is 0. The Morgan fingerprint density at radius 2 is 1.64 bits per heavy atom. The zero-order valence-corrected chi connectivity index (χ0v) is 15.8. The number of rotatable bonds is 9.